The van der Waals surface area contributed by atoms with E-state index in [0.717, 1.165) is 12.4 Å². The molecule has 1 unspecified atom stereocenters. The Bertz CT molecular complexity index is 793. The number of nitrogens with one attached hydrogen (secondary N) is 1. The Morgan fingerprint density at radius 1 is 1.11 bits per heavy atom. The molecule has 1 heterocycles. The first kappa shape index (κ1) is 20.0. The Labute approximate surface area is 157 Å². The highest BCUT2D eigenvalue weighted by Crippen LogP contribution is 2.12. The number of nitrogens with zero attached hydrogens (tertiary/aromatic N) is 3. The van der Waals surface area contributed by atoms with Crippen molar-refractivity contribution in [2.45, 2.75) is 32.7 Å². The van der Waals surface area contributed by atoms with Crippen molar-refractivity contribution in [2.24, 2.45) is 0 Å². The van der Waals surface area contributed by atoms with E-state index in [0.29, 0.717) is 18.7 Å². The average molecular weight is 370 g/mol. The van der Waals surface area contributed by atoms with Gasteiger partial charge in [0.2, 0.25) is 5.91 Å². The molecular weight excluding hydrogens is 348 g/mol. The number of hydrogen-bond donors (Lipinski definition) is 2. The number of para-hydroxylation sites is 1. The zero-order chi connectivity index (χ0) is 19.8. The van der Waals surface area contributed by atoms with Crippen molar-refractivity contribution in [1.82, 2.24) is 14.9 Å². The summed E-state index contributed by atoms with van der Waals surface area (Å²) in [6, 6.07) is 8.73. The van der Waals surface area contributed by atoms with Crippen LogP contribution in [0.1, 0.15) is 47.7 Å². The second kappa shape index (κ2) is 9.42. The number of anilines is 1. The molecule has 0 radical (unpaired) electrons. The lowest BCUT2D eigenvalue weighted by molar-refractivity contribution is -0.117. The van der Waals surface area contributed by atoms with Crippen LogP contribution in [-0.2, 0) is 4.79 Å². The lowest BCUT2D eigenvalue weighted by Gasteiger charge is -2.28. The molecule has 1 aromatic carbocycles. The van der Waals surface area contributed by atoms with Crippen LogP contribution in [0.4, 0.5) is 5.69 Å². The van der Waals surface area contributed by atoms with Gasteiger partial charge in [0, 0.05) is 24.7 Å². The van der Waals surface area contributed by atoms with Gasteiger partial charge in [-0.2, -0.15) is 0 Å². The summed E-state index contributed by atoms with van der Waals surface area (Å²) in [5.74, 6) is -1.80. The van der Waals surface area contributed by atoms with Gasteiger partial charge in [-0.05, 0) is 25.5 Å². The van der Waals surface area contributed by atoms with Crippen LogP contribution >= 0.6 is 0 Å². The summed E-state index contributed by atoms with van der Waals surface area (Å²) < 4.78 is 0. The maximum absolute atomic E-state index is 12.7. The summed E-state index contributed by atoms with van der Waals surface area (Å²) in [5, 5.41) is 11.7. The van der Waals surface area contributed by atoms with Crippen LogP contribution < -0.4 is 5.32 Å². The van der Waals surface area contributed by atoms with Crippen molar-refractivity contribution in [3.63, 3.8) is 0 Å². The summed E-state index contributed by atoms with van der Waals surface area (Å²) in [7, 11) is 0. The second-order valence-electron chi connectivity index (χ2n) is 6.06. The van der Waals surface area contributed by atoms with Gasteiger partial charge >= 0.3 is 5.97 Å². The molecule has 1 atom stereocenters. The Morgan fingerprint density at radius 2 is 1.74 bits per heavy atom. The van der Waals surface area contributed by atoms with Crippen molar-refractivity contribution >= 4 is 23.5 Å². The second-order valence-corrected chi connectivity index (χ2v) is 6.06. The van der Waals surface area contributed by atoms with Crippen molar-refractivity contribution in [1.29, 1.82) is 0 Å². The number of carbonyl (C=O) groups is 3. The van der Waals surface area contributed by atoms with E-state index >= 15 is 0 Å². The topological polar surface area (TPSA) is 112 Å². The Balaban J connectivity index is 2.06. The summed E-state index contributed by atoms with van der Waals surface area (Å²) in [5.41, 5.74) is 0.505. The van der Waals surface area contributed by atoms with Crippen molar-refractivity contribution in [3.05, 3.63) is 54.1 Å². The zero-order valence-electron chi connectivity index (χ0n) is 15.3. The molecule has 0 aliphatic heterocycles. The molecule has 0 spiro atoms. The lowest BCUT2D eigenvalue weighted by Crippen LogP contribution is -2.41. The highest BCUT2D eigenvalue weighted by atomic mass is 16.4. The van der Waals surface area contributed by atoms with E-state index in [1.165, 1.54) is 0 Å². The molecule has 2 N–H and O–H groups in total. The van der Waals surface area contributed by atoms with Gasteiger partial charge in [0.15, 0.2) is 5.69 Å². The lowest BCUT2D eigenvalue weighted by atomic mass is 10.1. The molecule has 1 aromatic heterocycles. The third kappa shape index (κ3) is 5.60. The molecule has 0 aliphatic rings. The molecule has 0 aliphatic carbocycles. The highest BCUT2D eigenvalue weighted by molar-refractivity contribution is 5.94. The van der Waals surface area contributed by atoms with Crippen LogP contribution in [0.15, 0.2) is 42.7 Å². The number of carboxylic acids is 1. The van der Waals surface area contributed by atoms with Crippen molar-refractivity contribution in [2.75, 3.05) is 11.9 Å². The molecule has 2 amide bonds. The van der Waals surface area contributed by atoms with Gasteiger partial charge in [0.25, 0.3) is 5.91 Å². The van der Waals surface area contributed by atoms with Crippen molar-refractivity contribution < 1.29 is 19.5 Å². The van der Waals surface area contributed by atoms with Crippen LogP contribution in [0, 0.1) is 0 Å². The predicted octanol–water partition coefficient (Wildman–Crippen LogP) is 2.44. The largest absolute Gasteiger partial charge is 0.476 e. The summed E-state index contributed by atoms with van der Waals surface area (Å²) in [6.45, 7) is 4.16. The molecule has 2 aromatic rings. The first-order valence-corrected chi connectivity index (χ1v) is 8.63. The minimum Gasteiger partial charge on any atom is -0.476 e. The molecule has 0 bridgehead atoms. The van der Waals surface area contributed by atoms with E-state index in [1.54, 1.807) is 24.0 Å². The summed E-state index contributed by atoms with van der Waals surface area (Å²) in [6.07, 6.45) is 3.02. The average Bonchev–Trinajstić information content (AvgIpc) is 2.66. The summed E-state index contributed by atoms with van der Waals surface area (Å²) >= 11 is 0. The molecule has 0 saturated heterocycles. The Hall–Kier alpha value is -3.29. The third-order valence-electron chi connectivity index (χ3n) is 3.89. The van der Waals surface area contributed by atoms with Crippen molar-refractivity contribution in [3.8, 4) is 0 Å². The highest BCUT2D eigenvalue weighted by Gasteiger charge is 2.24. The fourth-order valence-electron chi connectivity index (χ4n) is 2.57. The molecule has 2 rings (SSSR count). The zero-order valence-corrected chi connectivity index (χ0v) is 15.3. The molecule has 8 nitrogen and oxygen atoms in total. The predicted molar refractivity (Wildman–Crippen MR) is 99.5 cm³/mol. The molecular formula is C19H22N4O4. The normalized spacial score (nSPS) is 11.5. The number of amides is 2. The molecule has 0 fully saturated rings. The first-order valence-electron chi connectivity index (χ1n) is 8.63. The monoisotopic (exact) mass is 370 g/mol. The van der Waals surface area contributed by atoms with Crippen LogP contribution in [0.2, 0.25) is 0 Å². The van der Waals surface area contributed by atoms with Gasteiger partial charge in [0.1, 0.15) is 5.69 Å². The van der Waals surface area contributed by atoms with Gasteiger partial charge in [-0.25, -0.2) is 14.8 Å². The van der Waals surface area contributed by atoms with Gasteiger partial charge in [-0.15, -0.1) is 0 Å². The van der Waals surface area contributed by atoms with Crippen LogP contribution in [0.25, 0.3) is 0 Å². The maximum Gasteiger partial charge on any atom is 0.356 e. The van der Waals surface area contributed by atoms with Crippen LogP contribution in [-0.4, -0.2) is 50.3 Å². The van der Waals surface area contributed by atoms with E-state index in [2.05, 4.69) is 15.3 Å². The number of benzene rings is 1. The van der Waals surface area contributed by atoms with Gasteiger partial charge < -0.3 is 15.3 Å². The Kier molecular flexibility index (Phi) is 6.99. The van der Waals surface area contributed by atoms with E-state index in [1.807, 2.05) is 25.1 Å². The van der Waals surface area contributed by atoms with E-state index in [9.17, 15) is 14.4 Å². The van der Waals surface area contributed by atoms with Gasteiger partial charge in [0.05, 0.1) is 12.4 Å². The van der Waals surface area contributed by atoms with E-state index in [4.69, 9.17) is 5.11 Å². The molecule has 142 valence electrons. The Morgan fingerprint density at radius 3 is 2.30 bits per heavy atom. The number of carbonyl (C=O) groups excluding carboxylic acids is 2. The minimum atomic E-state index is -1.21. The maximum atomic E-state index is 12.7. The van der Waals surface area contributed by atoms with Gasteiger partial charge in [-0.1, -0.05) is 25.1 Å². The van der Waals surface area contributed by atoms with Crippen LogP contribution in [0.3, 0.4) is 0 Å². The number of hydrogen-bond acceptors (Lipinski definition) is 5. The number of aromatic carboxylic acids is 1. The van der Waals surface area contributed by atoms with E-state index < -0.39 is 5.97 Å². The fraction of sp³-hybridized carbons (Fsp3) is 0.316. The standard InChI is InChI=1S/C19H22N4O4/c1-3-9-23(18(25)15-11-21-16(12-20-15)19(26)27)13(2)10-17(24)22-14-7-5-4-6-8-14/h4-8,11-13H,3,9-10H2,1-2H3,(H,22,24)(H,26,27). The number of rotatable bonds is 8. The van der Waals surface area contributed by atoms with Crippen LogP contribution in [0.5, 0.6) is 0 Å². The SMILES string of the molecule is CCCN(C(=O)c1cnc(C(=O)O)cn1)C(C)CC(=O)Nc1ccccc1. The smallest absolute Gasteiger partial charge is 0.356 e. The van der Waals surface area contributed by atoms with Gasteiger partial charge in [-0.3, -0.25) is 9.59 Å². The molecule has 8 heteroatoms. The number of aromatic nitrogens is 2. The molecule has 27 heavy (non-hydrogen) atoms. The summed E-state index contributed by atoms with van der Waals surface area (Å²) in [4.78, 5) is 45.0. The third-order valence-corrected chi connectivity index (χ3v) is 3.89. The fourth-order valence-corrected chi connectivity index (χ4v) is 2.57. The molecule has 0 saturated carbocycles. The number of carboxylic acid groups (broad SMARTS) is 1. The first-order chi connectivity index (χ1) is 12.9. The quantitative estimate of drug-likeness (QED) is 0.738. The minimum absolute atomic E-state index is 0.0452. The van der Waals surface area contributed by atoms with E-state index in [-0.39, 0.29) is 35.7 Å².